The molecule has 3 nitrogen and oxygen atoms in total. The molecule has 0 saturated carbocycles. The van der Waals surface area contributed by atoms with Crippen LogP contribution >= 0.6 is 0 Å². The first-order valence-electron chi connectivity index (χ1n) is 9.41. The number of aryl methyl sites for hydroxylation is 1. The lowest BCUT2D eigenvalue weighted by Gasteiger charge is -2.23. The van der Waals surface area contributed by atoms with Crippen LogP contribution in [0.4, 0.5) is 8.78 Å². The summed E-state index contributed by atoms with van der Waals surface area (Å²) in [7, 11) is 3.40. The summed E-state index contributed by atoms with van der Waals surface area (Å²) in [6.45, 7) is 5.86. The lowest BCUT2D eigenvalue weighted by Crippen LogP contribution is -2.26. The Morgan fingerprint density at radius 3 is 2.54 bits per heavy atom. The highest BCUT2D eigenvalue weighted by Crippen LogP contribution is 2.33. The van der Waals surface area contributed by atoms with Crippen LogP contribution in [-0.4, -0.2) is 30.2 Å². The molecule has 28 heavy (non-hydrogen) atoms. The average molecular weight is 382 g/mol. The normalized spacial score (nSPS) is 15.1. The van der Waals surface area contributed by atoms with E-state index in [0.29, 0.717) is 5.56 Å². The van der Waals surface area contributed by atoms with E-state index < -0.39 is 11.6 Å². The first kappa shape index (κ1) is 18.7. The summed E-state index contributed by atoms with van der Waals surface area (Å²) in [5, 5.41) is 1.25. The van der Waals surface area contributed by atoms with Crippen molar-refractivity contribution in [3.63, 3.8) is 0 Å². The summed E-state index contributed by atoms with van der Waals surface area (Å²) < 4.78 is 35.3. The van der Waals surface area contributed by atoms with Crippen LogP contribution < -0.4 is 4.74 Å². The molecular formula is C23H24F2N2O. The second-order valence-electron chi connectivity index (χ2n) is 7.59. The van der Waals surface area contributed by atoms with Crippen molar-refractivity contribution in [1.82, 2.24) is 9.47 Å². The zero-order valence-electron chi connectivity index (χ0n) is 16.6. The molecule has 4 rings (SSSR count). The van der Waals surface area contributed by atoms with Crippen molar-refractivity contribution in [3.05, 3.63) is 64.4 Å². The molecular weight excluding hydrogens is 358 g/mol. The highest BCUT2D eigenvalue weighted by Gasteiger charge is 2.22. The molecule has 0 bridgehead atoms. The zero-order valence-corrected chi connectivity index (χ0v) is 16.6. The van der Waals surface area contributed by atoms with E-state index in [1.54, 1.807) is 0 Å². The highest BCUT2D eigenvalue weighted by atomic mass is 19.1. The van der Waals surface area contributed by atoms with E-state index in [4.69, 9.17) is 4.74 Å². The average Bonchev–Trinajstić information content (AvgIpc) is 2.94. The second kappa shape index (κ2) is 7.06. The van der Waals surface area contributed by atoms with Crippen LogP contribution in [0.3, 0.4) is 0 Å². The number of nitrogens with zero attached hydrogens (tertiary/aromatic N) is 2. The summed E-state index contributed by atoms with van der Waals surface area (Å²) in [5.41, 5.74) is 6.25. The molecule has 2 heterocycles. The van der Waals surface area contributed by atoms with Crippen LogP contribution in [0, 0.1) is 18.6 Å². The van der Waals surface area contributed by atoms with Crippen molar-refractivity contribution in [2.24, 2.45) is 0 Å². The first-order chi connectivity index (χ1) is 13.4. The van der Waals surface area contributed by atoms with Gasteiger partial charge in [-0.1, -0.05) is 11.6 Å². The molecule has 0 N–H and O–H groups in total. The van der Waals surface area contributed by atoms with Crippen LogP contribution in [0.15, 0.2) is 30.3 Å². The lowest BCUT2D eigenvalue weighted by molar-refractivity contribution is 0.312. The van der Waals surface area contributed by atoms with Crippen LogP contribution in [-0.2, 0) is 13.0 Å². The number of rotatable bonds is 3. The summed E-state index contributed by atoms with van der Waals surface area (Å²) in [6, 6.07) is 9.10. The maximum atomic E-state index is 14.2. The quantitative estimate of drug-likeness (QED) is 0.616. The van der Waals surface area contributed by atoms with Crippen molar-refractivity contribution in [2.75, 3.05) is 20.7 Å². The van der Waals surface area contributed by atoms with E-state index in [0.717, 1.165) is 30.6 Å². The van der Waals surface area contributed by atoms with E-state index in [-0.39, 0.29) is 5.75 Å². The Hall–Kier alpha value is -2.66. The van der Waals surface area contributed by atoms with Crippen LogP contribution in [0.25, 0.3) is 22.7 Å². The van der Waals surface area contributed by atoms with E-state index in [1.807, 2.05) is 13.1 Å². The molecule has 0 atom stereocenters. The van der Waals surface area contributed by atoms with Gasteiger partial charge in [0.05, 0.1) is 12.6 Å². The van der Waals surface area contributed by atoms with Gasteiger partial charge in [0.25, 0.3) is 0 Å². The first-order valence-corrected chi connectivity index (χ1v) is 9.41. The molecule has 146 valence electrons. The van der Waals surface area contributed by atoms with E-state index >= 15 is 0 Å². The smallest absolute Gasteiger partial charge is 0.190 e. The van der Waals surface area contributed by atoms with Gasteiger partial charge < -0.3 is 14.2 Å². The van der Waals surface area contributed by atoms with Gasteiger partial charge in [0, 0.05) is 36.8 Å². The molecule has 0 aliphatic carbocycles. The van der Waals surface area contributed by atoms with Crippen molar-refractivity contribution in [3.8, 4) is 5.75 Å². The van der Waals surface area contributed by atoms with Gasteiger partial charge in [-0.15, -0.1) is 0 Å². The number of halogens is 2. The Kier molecular flexibility index (Phi) is 4.71. The molecule has 0 spiro atoms. The molecule has 1 aromatic heterocycles. The fraction of sp³-hybridized carbons (Fsp3) is 0.304. The van der Waals surface area contributed by atoms with Crippen molar-refractivity contribution in [1.29, 1.82) is 0 Å². The number of hydrogen-bond donors (Lipinski definition) is 0. The fourth-order valence-electron chi connectivity index (χ4n) is 4.04. The SMILES string of the molecule is COc1c(F)cc(C(C)=Cn2c3c(c4cc(C)ccc42)CN(C)CC3)cc1F. The molecule has 0 saturated heterocycles. The largest absolute Gasteiger partial charge is 0.491 e. The number of methoxy groups -OCH3 is 1. The minimum absolute atomic E-state index is 0.348. The number of ether oxygens (including phenoxy) is 1. The van der Waals surface area contributed by atoms with Gasteiger partial charge in [-0.3, -0.25) is 0 Å². The molecule has 2 aromatic carbocycles. The van der Waals surface area contributed by atoms with Crippen molar-refractivity contribution >= 4 is 22.7 Å². The summed E-state index contributed by atoms with van der Waals surface area (Å²) in [4.78, 5) is 2.32. The van der Waals surface area contributed by atoms with Gasteiger partial charge in [-0.2, -0.15) is 0 Å². The maximum Gasteiger partial charge on any atom is 0.190 e. The third-order valence-corrected chi connectivity index (χ3v) is 5.51. The van der Waals surface area contributed by atoms with Gasteiger partial charge in [0.15, 0.2) is 17.4 Å². The Morgan fingerprint density at radius 1 is 1.14 bits per heavy atom. The molecule has 0 unspecified atom stereocenters. The standard InChI is InChI=1S/C23H24F2N2O/c1-14-5-6-21-17(9-14)18-13-26(3)8-7-22(18)27(21)12-15(2)16-10-19(24)23(28-4)20(25)11-16/h5-6,9-12H,7-8,13H2,1-4H3. The Labute approximate surface area is 163 Å². The van der Waals surface area contributed by atoms with Crippen molar-refractivity contribution in [2.45, 2.75) is 26.8 Å². The predicted molar refractivity (Wildman–Crippen MR) is 109 cm³/mol. The molecule has 0 fully saturated rings. The van der Waals surface area contributed by atoms with E-state index in [1.165, 1.54) is 41.4 Å². The summed E-state index contributed by atoms with van der Waals surface area (Å²) >= 11 is 0. The number of hydrogen-bond acceptors (Lipinski definition) is 2. The second-order valence-corrected chi connectivity index (χ2v) is 7.59. The van der Waals surface area contributed by atoms with Gasteiger partial charge in [0.2, 0.25) is 0 Å². The van der Waals surface area contributed by atoms with Gasteiger partial charge in [-0.25, -0.2) is 8.78 Å². The zero-order chi connectivity index (χ0) is 20.0. The Balaban J connectivity index is 1.88. The lowest BCUT2D eigenvalue weighted by atomic mass is 10.0. The van der Waals surface area contributed by atoms with Crippen LogP contribution in [0.1, 0.15) is 29.3 Å². The minimum Gasteiger partial charge on any atom is -0.491 e. The minimum atomic E-state index is -0.693. The number of likely N-dealkylation sites (N-methyl/N-ethyl adjacent to an activating group) is 1. The Bertz CT molecular complexity index is 1070. The molecule has 1 aliphatic heterocycles. The van der Waals surface area contributed by atoms with E-state index in [2.05, 4.69) is 41.6 Å². The van der Waals surface area contributed by atoms with Gasteiger partial charge in [-0.05, 0) is 61.9 Å². The summed E-state index contributed by atoms with van der Waals surface area (Å²) in [5.74, 6) is -1.73. The number of fused-ring (bicyclic) bond motifs is 3. The molecule has 0 amide bonds. The fourth-order valence-corrected chi connectivity index (χ4v) is 4.04. The topological polar surface area (TPSA) is 17.4 Å². The molecule has 5 heteroatoms. The van der Waals surface area contributed by atoms with Crippen LogP contribution in [0.2, 0.25) is 0 Å². The molecule has 0 radical (unpaired) electrons. The van der Waals surface area contributed by atoms with Crippen molar-refractivity contribution < 1.29 is 13.5 Å². The van der Waals surface area contributed by atoms with Crippen LogP contribution in [0.5, 0.6) is 5.75 Å². The van der Waals surface area contributed by atoms with E-state index in [9.17, 15) is 8.78 Å². The molecule has 3 aromatic rings. The third kappa shape index (κ3) is 3.10. The maximum absolute atomic E-state index is 14.2. The number of allylic oxidation sites excluding steroid dienone is 1. The van der Waals surface area contributed by atoms with Gasteiger partial charge in [0.1, 0.15) is 0 Å². The third-order valence-electron chi connectivity index (χ3n) is 5.51. The summed E-state index contributed by atoms with van der Waals surface area (Å²) in [6.07, 6.45) is 2.93. The van der Waals surface area contributed by atoms with Gasteiger partial charge >= 0.3 is 0 Å². The monoisotopic (exact) mass is 382 g/mol. The molecule has 1 aliphatic rings. The number of aromatic nitrogens is 1. The Morgan fingerprint density at radius 2 is 1.86 bits per heavy atom. The number of benzene rings is 2. The highest BCUT2D eigenvalue weighted by molar-refractivity contribution is 5.90. The predicted octanol–water partition coefficient (Wildman–Crippen LogP) is 5.24.